The van der Waals surface area contributed by atoms with Gasteiger partial charge in [0.15, 0.2) is 0 Å². The first-order valence-corrected chi connectivity index (χ1v) is 7.74. The zero-order valence-electron chi connectivity index (χ0n) is 12.7. The fraction of sp³-hybridized carbons (Fsp3) is 0.368. The SMILES string of the molecule is CCC(N)C(CCO)C(c1ccccc1)c1ccccc1. The molecule has 0 aromatic heterocycles. The molecule has 2 nitrogen and oxygen atoms in total. The summed E-state index contributed by atoms with van der Waals surface area (Å²) in [6.07, 6.45) is 1.64. The highest BCUT2D eigenvalue weighted by Gasteiger charge is 2.28. The molecule has 2 aromatic carbocycles. The molecule has 0 saturated heterocycles. The topological polar surface area (TPSA) is 46.2 Å². The van der Waals surface area contributed by atoms with Crippen LogP contribution in [0.25, 0.3) is 0 Å². The lowest BCUT2D eigenvalue weighted by Gasteiger charge is -2.32. The number of hydrogen-bond acceptors (Lipinski definition) is 2. The maximum Gasteiger partial charge on any atom is 0.0434 e. The van der Waals surface area contributed by atoms with Crippen molar-refractivity contribution < 1.29 is 5.11 Å². The van der Waals surface area contributed by atoms with E-state index in [1.807, 2.05) is 12.1 Å². The van der Waals surface area contributed by atoms with E-state index in [2.05, 4.69) is 55.5 Å². The summed E-state index contributed by atoms with van der Waals surface area (Å²) in [5, 5.41) is 9.47. The van der Waals surface area contributed by atoms with Crippen LogP contribution in [0, 0.1) is 5.92 Å². The Morgan fingerprint density at radius 2 is 1.38 bits per heavy atom. The van der Waals surface area contributed by atoms with Gasteiger partial charge in [-0.25, -0.2) is 0 Å². The molecule has 112 valence electrons. The van der Waals surface area contributed by atoms with Crippen molar-refractivity contribution in [1.29, 1.82) is 0 Å². The molecule has 0 heterocycles. The minimum absolute atomic E-state index is 0.0857. The molecule has 0 fully saturated rings. The van der Waals surface area contributed by atoms with E-state index in [1.54, 1.807) is 0 Å². The first-order valence-electron chi connectivity index (χ1n) is 7.74. The van der Waals surface area contributed by atoms with Gasteiger partial charge in [-0.1, -0.05) is 67.6 Å². The number of aliphatic hydroxyl groups excluding tert-OH is 1. The molecular formula is C19H25NO. The molecule has 3 N–H and O–H groups in total. The highest BCUT2D eigenvalue weighted by Crippen LogP contribution is 2.36. The molecule has 0 aliphatic rings. The van der Waals surface area contributed by atoms with Crippen molar-refractivity contribution in [2.45, 2.75) is 31.7 Å². The third-order valence-electron chi connectivity index (χ3n) is 4.23. The first kappa shape index (κ1) is 15.7. The molecule has 0 aliphatic heterocycles. The molecule has 0 amide bonds. The second kappa shape index (κ2) is 7.96. The van der Waals surface area contributed by atoms with Gasteiger partial charge >= 0.3 is 0 Å². The molecule has 2 atom stereocenters. The predicted molar refractivity (Wildman–Crippen MR) is 88.2 cm³/mol. The highest BCUT2D eigenvalue weighted by atomic mass is 16.3. The van der Waals surface area contributed by atoms with Crippen LogP contribution in [0.2, 0.25) is 0 Å². The summed E-state index contributed by atoms with van der Waals surface area (Å²) < 4.78 is 0. The lowest BCUT2D eigenvalue weighted by molar-refractivity contribution is 0.229. The number of rotatable bonds is 7. The van der Waals surface area contributed by atoms with E-state index in [9.17, 15) is 5.11 Å². The summed E-state index contributed by atoms with van der Waals surface area (Å²) in [4.78, 5) is 0. The first-order chi connectivity index (χ1) is 10.3. The number of aliphatic hydroxyl groups is 1. The number of hydrogen-bond donors (Lipinski definition) is 2. The largest absolute Gasteiger partial charge is 0.396 e. The van der Waals surface area contributed by atoms with Crippen LogP contribution in [0.4, 0.5) is 0 Å². The third-order valence-corrected chi connectivity index (χ3v) is 4.23. The van der Waals surface area contributed by atoms with Crippen molar-refractivity contribution in [3.05, 3.63) is 71.8 Å². The average Bonchev–Trinajstić information content (AvgIpc) is 2.55. The molecule has 2 rings (SSSR count). The van der Waals surface area contributed by atoms with Crippen molar-refractivity contribution in [2.75, 3.05) is 6.61 Å². The highest BCUT2D eigenvalue weighted by molar-refractivity contribution is 5.33. The van der Waals surface area contributed by atoms with E-state index in [0.717, 1.165) is 12.8 Å². The standard InChI is InChI=1S/C19H25NO/c1-2-18(20)17(13-14-21)19(15-9-5-3-6-10-15)16-11-7-4-8-12-16/h3-12,17-19,21H,2,13-14,20H2,1H3. The summed E-state index contributed by atoms with van der Waals surface area (Å²) in [6, 6.07) is 21.1. The summed E-state index contributed by atoms with van der Waals surface area (Å²) in [5.41, 5.74) is 8.91. The van der Waals surface area contributed by atoms with Gasteiger partial charge in [-0.2, -0.15) is 0 Å². The fourth-order valence-electron chi connectivity index (χ4n) is 3.09. The van der Waals surface area contributed by atoms with E-state index in [1.165, 1.54) is 11.1 Å². The Labute approximate surface area is 127 Å². The van der Waals surface area contributed by atoms with Crippen molar-refractivity contribution >= 4 is 0 Å². The average molecular weight is 283 g/mol. The zero-order valence-corrected chi connectivity index (χ0v) is 12.7. The maximum atomic E-state index is 9.47. The van der Waals surface area contributed by atoms with Gasteiger partial charge in [-0.15, -0.1) is 0 Å². The molecule has 21 heavy (non-hydrogen) atoms. The van der Waals surface area contributed by atoms with Gasteiger partial charge in [-0.05, 0) is 29.9 Å². The van der Waals surface area contributed by atoms with Crippen LogP contribution in [0.15, 0.2) is 60.7 Å². The minimum Gasteiger partial charge on any atom is -0.396 e. The van der Waals surface area contributed by atoms with Crippen LogP contribution in [-0.4, -0.2) is 17.8 Å². The Kier molecular flexibility index (Phi) is 5.97. The van der Waals surface area contributed by atoms with E-state index >= 15 is 0 Å². The van der Waals surface area contributed by atoms with Crippen molar-refractivity contribution in [3.8, 4) is 0 Å². The van der Waals surface area contributed by atoms with Gasteiger partial charge in [0.05, 0.1) is 0 Å². The Morgan fingerprint density at radius 3 is 1.76 bits per heavy atom. The summed E-state index contributed by atoms with van der Waals surface area (Å²) in [6.45, 7) is 2.29. The third kappa shape index (κ3) is 3.93. The molecule has 0 aliphatic carbocycles. The van der Waals surface area contributed by atoms with Crippen LogP contribution in [0.5, 0.6) is 0 Å². The number of benzene rings is 2. The minimum atomic E-state index is 0.0857. The van der Waals surface area contributed by atoms with Crippen LogP contribution in [0.3, 0.4) is 0 Å². The van der Waals surface area contributed by atoms with E-state index in [4.69, 9.17) is 5.73 Å². The van der Waals surface area contributed by atoms with Crippen LogP contribution < -0.4 is 5.73 Å². The van der Waals surface area contributed by atoms with Crippen LogP contribution in [0.1, 0.15) is 36.8 Å². The van der Waals surface area contributed by atoms with Crippen LogP contribution >= 0.6 is 0 Å². The number of nitrogens with two attached hydrogens (primary N) is 1. The summed E-state index contributed by atoms with van der Waals surface area (Å²) >= 11 is 0. The Balaban J connectivity index is 2.44. The lowest BCUT2D eigenvalue weighted by Crippen LogP contribution is -2.35. The second-order valence-corrected chi connectivity index (χ2v) is 5.55. The smallest absolute Gasteiger partial charge is 0.0434 e. The van der Waals surface area contributed by atoms with E-state index in [-0.39, 0.29) is 24.5 Å². The summed E-state index contributed by atoms with van der Waals surface area (Å²) in [5.74, 6) is 0.472. The molecule has 2 aromatic rings. The van der Waals surface area contributed by atoms with Gasteiger partial charge in [0.25, 0.3) is 0 Å². The normalized spacial score (nSPS) is 14.1. The summed E-state index contributed by atoms with van der Waals surface area (Å²) in [7, 11) is 0. The van der Waals surface area contributed by atoms with Gasteiger partial charge in [0.2, 0.25) is 0 Å². The van der Waals surface area contributed by atoms with Gasteiger partial charge in [0.1, 0.15) is 0 Å². The van der Waals surface area contributed by atoms with Crippen molar-refractivity contribution in [1.82, 2.24) is 0 Å². The maximum absolute atomic E-state index is 9.47. The zero-order chi connectivity index (χ0) is 15.1. The fourth-order valence-corrected chi connectivity index (χ4v) is 3.09. The van der Waals surface area contributed by atoms with Crippen molar-refractivity contribution in [3.63, 3.8) is 0 Å². The molecule has 0 radical (unpaired) electrons. The van der Waals surface area contributed by atoms with E-state index < -0.39 is 0 Å². The molecule has 2 heteroatoms. The Hall–Kier alpha value is -1.64. The molecule has 0 saturated carbocycles. The molecule has 0 bridgehead atoms. The molecular weight excluding hydrogens is 258 g/mol. The molecule has 2 unspecified atom stereocenters. The van der Waals surface area contributed by atoms with Crippen molar-refractivity contribution in [2.24, 2.45) is 11.7 Å². The van der Waals surface area contributed by atoms with Gasteiger partial charge in [0, 0.05) is 18.6 Å². The quantitative estimate of drug-likeness (QED) is 0.816. The predicted octanol–water partition coefficient (Wildman–Crippen LogP) is 3.55. The van der Waals surface area contributed by atoms with Crippen LogP contribution in [-0.2, 0) is 0 Å². The Bertz CT molecular complexity index is 472. The van der Waals surface area contributed by atoms with E-state index in [0.29, 0.717) is 0 Å². The monoisotopic (exact) mass is 283 g/mol. The van der Waals surface area contributed by atoms with Gasteiger partial charge < -0.3 is 10.8 Å². The lowest BCUT2D eigenvalue weighted by atomic mass is 9.75. The van der Waals surface area contributed by atoms with Gasteiger partial charge in [-0.3, -0.25) is 0 Å². The second-order valence-electron chi connectivity index (χ2n) is 5.55. The Morgan fingerprint density at radius 1 is 0.905 bits per heavy atom. The molecule has 0 spiro atoms.